The Kier molecular flexibility index (Phi) is 3.55. The van der Waals surface area contributed by atoms with E-state index in [2.05, 4.69) is 0 Å². The summed E-state index contributed by atoms with van der Waals surface area (Å²) in [6.45, 7) is 11.6. The molecule has 0 aromatic rings. The smallest absolute Gasteiger partial charge is 0.410 e. The Morgan fingerprint density at radius 3 is 2.24 bits per heavy atom. The summed E-state index contributed by atoms with van der Waals surface area (Å²) < 4.78 is 5.33. The zero-order valence-electron chi connectivity index (χ0n) is 11.7. The summed E-state index contributed by atoms with van der Waals surface area (Å²) in [7, 11) is 0. The van der Waals surface area contributed by atoms with Crippen LogP contribution in [0.5, 0.6) is 0 Å². The number of likely N-dealkylation sites (tertiary alicyclic amines) is 1. The van der Waals surface area contributed by atoms with Gasteiger partial charge in [-0.2, -0.15) is 0 Å². The van der Waals surface area contributed by atoms with E-state index in [0.29, 0.717) is 6.54 Å². The molecule has 1 aliphatic heterocycles. The molecule has 0 aliphatic carbocycles. The Morgan fingerprint density at radius 2 is 1.82 bits per heavy atom. The fourth-order valence-electron chi connectivity index (χ4n) is 2.38. The van der Waals surface area contributed by atoms with E-state index in [1.807, 2.05) is 34.6 Å². The Morgan fingerprint density at radius 1 is 1.29 bits per heavy atom. The number of amides is 1. The molecule has 98 valence electrons. The average molecular weight is 241 g/mol. The van der Waals surface area contributed by atoms with Gasteiger partial charge in [0.1, 0.15) is 5.60 Å². The van der Waals surface area contributed by atoms with Crippen molar-refractivity contribution >= 4 is 11.9 Å². The van der Waals surface area contributed by atoms with Crippen molar-refractivity contribution in [1.29, 1.82) is 0 Å². The minimum Gasteiger partial charge on any atom is -0.444 e. The molecule has 1 aliphatic rings. The van der Waals surface area contributed by atoms with Crippen LogP contribution in [0.3, 0.4) is 0 Å². The van der Waals surface area contributed by atoms with Gasteiger partial charge in [-0.3, -0.25) is 9.69 Å². The van der Waals surface area contributed by atoms with E-state index in [-0.39, 0.29) is 23.3 Å². The third kappa shape index (κ3) is 3.20. The maximum atomic E-state index is 12.0. The number of hydrogen-bond donors (Lipinski definition) is 0. The van der Waals surface area contributed by atoms with Gasteiger partial charge in [-0.05, 0) is 39.5 Å². The highest BCUT2D eigenvalue weighted by atomic mass is 16.6. The predicted octanol–water partition coefficient (Wildman–Crippen LogP) is 2.61. The molecule has 0 bridgehead atoms. The van der Waals surface area contributed by atoms with Crippen molar-refractivity contribution in [2.24, 2.45) is 5.41 Å². The van der Waals surface area contributed by atoms with Crippen molar-refractivity contribution in [1.82, 2.24) is 4.90 Å². The van der Waals surface area contributed by atoms with Crippen LogP contribution >= 0.6 is 0 Å². The number of Topliss-reactive ketones (excluding diaryl/α,β-unsaturated/α-hetero) is 1. The number of rotatable bonds is 1. The summed E-state index contributed by atoms with van der Waals surface area (Å²) in [5.41, 5.74) is -0.687. The van der Waals surface area contributed by atoms with E-state index in [1.54, 1.807) is 4.90 Å². The molecule has 1 heterocycles. The molecule has 4 heteroatoms. The minimum absolute atomic E-state index is 0.0263. The molecule has 17 heavy (non-hydrogen) atoms. The Labute approximate surface area is 103 Å². The monoisotopic (exact) mass is 241 g/mol. The average Bonchev–Trinajstić information content (AvgIpc) is 2.37. The summed E-state index contributed by atoms with van der Waals surface area (Å²) in [5.74, 6) is 0.0263. The second kappa shape index (κ2) is 4.31. The van der Waals surface area contributed by atoms with Crippen LogP contribution < -0.4 is 0 Å². The van der Waals surface area contributed by atoms with Gasteiger partial charge >= 0.3 is 6.09 Å². The summed E-state index contributed by atoms with van der Waals surface area (Å²) in [6.07, 6.45) is 0.444. The highest BCUT2D eigenvalue weighted by Gasteiger charge is 2.46. The van der Waals surface area contributed by atoms with Gasteiger partial charge < -0.3 is 4.74 Å². The van der Waals surface area contributed by atoms with Gasteiger partial charge in [0.25, 0.3) is 0 Å². The van der Waals surface area contributed by atoms with Crippen molar-refractivity contribution in [3.05, 3.63) is 0 Å². The molecule has 1 saturated heterocycles. The number of ether oxygens (including phenoxy) is 1. The van der Waals surface area contributed by atoms with Crippen LogP contribution in [0.4, 0.5) is 4.79 Å². The lowest BCUT2D eigenvalue weighted by Gasteiger charge is -2.32. The molecule has 4 nitrogen and oxygen atoms in total. The molecule has 0 aromatic carbocycles. The molecule has 0 radical (unpaired) electrons. The molecular formula is C13H23NO3. The first-order valence-corrected chi connectivity index (χ1v) is 6.05. The topological polar surface area (TPSA) is 46.6 Å². The quantitative estimate of drug-likeness (QED) is 0.709. The normalized spacial score (nSPS) is 23.6. The molecule has 0 spiro atoms. The van der Waals surface area contributed by atoms with Crippen molar-refractivity contribution in [3.63, 3.8) is 0 Å². The maximum Gasteiger partial charge on any atom is 0.410 e. The summed E-state index contributed by atoms with van der Waals surface area (Å²) >= 11 is 0. The number of carbonyl (C=O) groups excluding carboxylic acids is 2. The van der Waals surface area contributed by atoms with Crippen molar-refractivity contribution in [3.8, 4) is 0 Å². The molecule has 0 saturated carbocycles. The second-order valence-corrected chi connectivity index (χ2v) is 6.43. The van der Waals surface area contributed by atoms with Gasteiger partial charge in [0, 0.05) is 6.54 Å². The minimum atomic E-state index is -0.523. The maximum absolute atomic E-state index is 12.0. The van der Waals surface area contributed by atoms with Crippen molar-refractivity contribution in [2.75, 3.05) is 6.54 Å². The van der Waals surface area contributed by atoms with Gasteiger partial charge in [0.15, 0.2) is 5.78 Å². The van der Waals surface area contributed by atoms with Crippen LogP contribution in [0.25, 0.3) is 0 Å². The van der Waals surface area contributed by atoms with E-state index in [0.717, 1.165) is 6.42 Å². The summed E-state index contributed by atoms with van der Waals surface area (Å²) in [5, 5.41) is 0. The largest absolute Gasteiger partial charge is 0.444 e. The first-order valence-electron chi connectivity index (χ1n) is 6.05. The standard InChI is InChI=1S/C13H23NO3/c1-9(15)10-13(5,6)7-8-14(10)11(16)17-12(2,3)4/h10H,7-8H2,1-6H3. The lowest BCUT2D eigenvalue weighted by Crippen LogP contribution is -2.47. The van der Waals surface area contributed by atoms with E-state index in [4.69, 9.17) is 4.74 Å². The van der Waals surface area contributed by atoms with E-state index in [1.165, 1.54) is 6.92 Å². The fraction of sp³-hybridized carbons (Fsp3) is 0.846. The van der Waals surface area contributed by atoms with Crippen molar-refractivity contribution < 1.29 is 14.3 Å². The van der Waals surface area contributed by atoms with Crippen molar-refractivity contribution in [2.45, 2.75) is 59.6 Å². The summed E-state index contributed by atoms with van der Waals surface area (Å²) in [4.78, 5) is 25.3. The van der Waals surface area contributed by atoms with E-state index < -0.39 is 5.60 Å². The molecular weight excluding hydrogens is 218 g/mol. The van der Waals surface area contributed by atoms with Gasteiger partial charge in [-0.25, -0.2) is 4.79 Å². The molecule has 1 atom stereocenters. The lowest BCUT2D eigenvalue weighted by atomic mass is 9.83. The highest BCUT2D eigenvalue weighted by molar-refractivity contribution is 5.87. The van der Waals surface area contributed by atoms with Crippen LogP contribution in [-0.4, -0.2) is 35.0 Å². The molecule has 1 amide bonds. The van der Waals surface area contributed by atoms with Gasteiger partial charge in [-0.15, -0.1) is 0 Å². The Bertz CT molecular complexity index is 328. The number of carbonyl (C=O) groups is 2. The zero-order valence-corrected chi connectivity index (χ0v) is 11.7. The van der Waals surface area contributed by atoms with Gasteiger partial charge in [0.2, 0.25) is 0 Å². The Hall–Kier alpha value is -1.06. The molecule has 0 aromatic heterocycles. The Balaban J connectivity index is 2.85. The fourth-order valence-corrected chi connectivity index (χ4v) is 2.38. The SMILES string of the molecule is CC(=O)C1N(C(=O)OC(C)(C)C)CCC1(C)C. The van der Waals surface area contributed by atoms with Gasteiger partial charge in [0.05, 0.1) is 6.04 Å². The summed E-state index contributed by atoms with van der Waals surface area (Å²) in [6, 6.07) is -0.364. The molecule has 0 N–H and O–H groups in total. The number of nitrogens with zero attached hydrogens (tertiary/aromatic N) is 1. The van der Waals surface area contributed by atoms with Crippen LogP contribution in [0, 0.1) is 5.41 Å². The molecule has 1 unspecified atom stereocenters. The predicted molar refractivity (Wildman–Crippen MR) is 65.8 cm³/mol. The van der Waals surface area contributed by atoms with Crippen LogP contribution in [0.1, 0.15) is 48.0 Å². The van der Waals surface area contributed by atoms with Crippen LogP contribution in [0.15, 0.2) is 0 Å². The van der Waals surface area contributed by atoms with Crippen LogP contribution in [0.2, 0.25) is 0 Å². The van der Waals surface area contributed by atoms with Crippen LogP contribution in [-0.2, 0) is 9.53 Å². The van der Waals surface area contributed by atoms with E-state index in [9.17, 15) is 9.59 Å². The zero-order chi connectivity index (χ0) is 13.4. The second-order valence-electron chi connectivity index (χ2n) is 6.43. The first-order chi connectivity index (χ1) is 7.54. The number of ketones is 1. The van der Waals surface area contributed by atoms with E-state index >= 15 is 0 Å². The lowest BCUT2D eigenvalue weighted by molar-refractivity contribution is -0.123. The third-order valence-corrected chi connectivity index (χ3v) is 3.06. The molecule has 1 rings (SSSR count). The third-order valence-electron chi connectivity index (χ3n) is 3.06. The number of hydrogen-bond acceptors (Lipinski definition) is 3. The first kappa shape index (κ1) is 14.0. The molecule has 1 fully saturated rings. The highest BCUT2D eigenvalue weighted by Crippen LogP contribution is 2.37. The van der Waals surface area contributed by atoms with Gasteiger partial charge in [-0.1, -0.05) is 13.8 Å².